The zero-order chi connectivity index (χ0) is 3.41. The van der Waals surface area contributed by atoms with Gasteiger partial charge in [-0.05, 0) is 6.42 Å². The minimum absolute atomic E-state index is 0. The molecular weight excluding hydrogens is 97.0 g/mol. The average molecular weight is 105 g/mol. The van der Waals surface area contributed by atoms with Crippen molar-refractivity contribution in [3.8, 4) is 0 Å². The fourth-order valence-corrected chi connectivity index (χ4v) is 0. The van der Waals surface area contributed by atoms with Gasteiger partial charge in [0.05, 0.1) is 0 Å². The SMILES string of the molecule is CCCO.[Sc]. The summed E-state index contributed by atoms with van der Waals surface area (Å²) in [6.07, 6.45) is 0.875. The van der Waals surface area contributed by atoms with Gasteiger partial charge < -0.3 is 5.11 Å². The Kier molecular flexibility index (Phi) is 16.4. The monoisotopic (exact) mass is 105 g/mol. The van der Waals surface area contributed by atoms with Gasteiger partial charge in [-0.2, -0.15) is 0 Å². The van der Waals surface area contributed by atoms with Crippen molar-refractivity contribution in [2.45, 2.75) is 13.3 Å². The van der Waals surface area contributed by atoms with E-state index in [9.17, 15) is 0 Å². The first-order valence-corrected chi connectivity index (χ1v) is 1.52. The van der Waals surface area contributed by atoms with E-state index in [-0.39, 0.29) is 25.8 Å². The van der Waals surface area contributed by atoms with Crippen LogP contribution in [0.2, 0.25) is 0 Å². The number of rotatable bonds is 1. The maximum Gasteiger partial charge on any atom is 0.0428 e. The van der Waals surface area contributed by atoms with E-state index < -0.39 is 0 Å². The second-order valence-electron chi connectivity index (χ2n) is 0.724. The third-order valence-corrected chi connectivity index (χ3v) is 0.224. The van der Waals surface area contributed by atoms with E-state index in [1.165, 1.54) is 0 Å². The van der Waals surface area contributed by atoms with Gasteiger partial charge in [-0.15, -0.1) is 0 Å². The van der Waals surface area contributed by atoms with E-state index in [1.807, 2.05) is 6.92 Å². The predicted molar refractivity (Wildman–Crippen MR) is 17.4 cm³/mol. The van der Waals surface area contributed by atoms with Gasteiger partial charge in [-0.25, -0.2) is 0 Å². The fourth-order valence-electron chi connectivity index (χ4n) is 0. The summed E-state index contributed by atoms with van der Waals surface area (Å²) in [7, 11) is 0. The van der Waals surface area contributed by atoms with Gasteiger partial charge in [0.25, 0.3) is 0 Å². The third-order valence-electron chi connectivity index (χ3n) is 0.224. The van der Waals surface area contributed by atoms with E-state index in [0.29, 0.717) is 6.61 Å². The van der Waals surface area contributed by atoms with Crippen molar-refractivity contribution < 1.29 is 30.9 Å². The van der Waals surface area contributed by atoms with Crippen LogP contribution in [0.15, 0.2) is 0 Å². The predicted octanol–water partition coefficient (Wildman–Crippen LogP) is 0.386. The van der Waals surface area contributed by atoms with Crippen molar-refractivity contribution in [2.24, 2.45) is 0 Å². The van der Waals surface area contributed by atoms with Crippen LogP contribution in [-0.4, -0.2) is 11.7 Å². The molecule has 1 N–H and O–H groups in total. The molecule has 29 valence electrons. The second-order valence-corrected chi connectivity index (χ2v) is 0.724. The molecule has 0 heterocycles. The number of hydrogen-bond acceptors (Lipinski definition) is 1. The molecule has 0 aliphatic rings. The van der Waals surface area contributed by atoms with Crippen LogP contribution in [0.4, 0.5) is 0 Å². The van der Waals surface area contributed by atoms with Gasteiger partial charge in [0.2, 0.25) is 0 Å². The fraction of sp³-hybridized carbons (Fsp3) is 1.00. The van der Waals surface area contributed by atoms with Crippen molar-refractivity contribution in [2.75, 3.05) is 6.61 Å². The summed E-state index contributed by atoms with van der Waals surface area (Å²) in [4.78, 5) is 0. The Morgan fingerprint density at radius 1 is 1.60 bits per heavy atom. The molecule has 0 rings (SSSR count). The van der Waals surface area contributed by atoms with Gasteiger partial charge in [0.15, 0.2) is 0 Å². The molecule has 0 atom stereocenters. The molecule has 0 amide bonds. The smallest absolute Gasteiger partial charge is 0.0428 e. The zero-order valence-electron chi connectivity index (χ0n) is 3.44. The third kappa shape index (κ3) is 11.6. The Morgan fingerprint density at radius 3 is 1.80 bits per heavy atom. The van der Waals surface area contributed by atoms with Gasteiger partial charge >= 0.3 is 0 Å². The summed E-state index contributed by atoms with van der Waals surface area (Å²) in [6, 6.07) is 0. The van der Waals surface area contributed by atoms with Crippen LogP contribution in [-0.2, 0) is 25.8 Å². The molecule has 5 heavy (non-hydrogen) atoms. The number of hydrogen-bond donors (Lipinski definition) is 1. The van der Waals surface area contributed by atoms with Crippen molar-refractivity contribution in [3.63, 3.8) is 0 Å². The van der Waals surface area contributed by atoms with E-state index in [0.717, 1.165) is 6.42 Å². The summed E-state index contributed by atoms with van der Waals surface area (Å²) in [5, 5.41) is 7.88. The van der Waals surface area contributed by atoms with Gasteiger partial charge in [-0.1, -0.05) is 6.92 Å². The van der Waals surface area contributed by atoms with Crippen LogP contribution in [0.5, 0.6) is 0 Å². The summed E-state index contributed by atoms with van der Waals surface area (Å²) < 4.78 is 0. The molecule has 0 unspecified atom stereocenters. The van der Waals surface area contributed by atoms with E-state index in [1.54, 1.807) is 0 Å². The van der Waals surface area contributed by atoms with Crippen LogP contribution < -0.4 is 0 Å². The van der Waals surface area contributed by atoms with Crippen LogP contribution in [0.25, 0.3) is 0 Å². The molecule has 0 saturated heterocycles. The van der Waals surface area contributed by atoms with Gasteiger partial charge in [0.1, 0.15) is 0 Å². The molecule has 0 aromatic heterocycles. The summed E-state index contributed by atoms with van der Waals surface area (Å²) >= 11 is 0. The molecule has 1 nitrogen and oxygen atoms in total. The number of aliphatic hydroxyl groups is 1. The van der Waals surface area contributed by atoms with Gasteiger partial charge in [0, 0.05) is 32.5 Å². The van der Waals surface area contributed by atoms with Crippen LogP contribution >= 0.6 is 0 Å². The number of aliphatic hydroxyl groups excluding tert-OH is 1. The molecular formula is C3H8OSc. The Hall–Kier alpha value is 0.830. The Morgan fingerprint density at radius 2 is 1.80 bits per heavy atom. The van der Waals surface area contributed by atoms with Crippen molar-refractivity contribution >= 4 is 0 Å². The summed E-state index contributed by atoms with van der Waals surface area (Å²) in [5.41, 5.74) is 0. The van der Waals surface area contributed by atoms with Crippen molar-refractivity contribution in [1.29, 1.82) is 0 Å². The Bertz CT molecular complexity index is 8.85. The van der Waals surface area contributed by atoms with E-state index in [2.05, 4.69) is 0 Å². The molecule has 0 aliphatic carbocycles. The van der Waals surface area contributed by atoms with E-state index >= 15 is 0 Å². The Labute approximate surface area is 51.2 Å². The van der Waals surface area contributed by atoms with Crippen molar-refractivity contribution in [3.05, 3.63) is 0 Å². The second kappa shape index (κ2) is 8.85. The topological polar surface area (TPSA) is 20.2 Å². The minimum Gasteiger partial charge on any atom is -0.396 e. The average Bonchev–Trinajstić information content (AvgIpc) is 1.37. The molecule has 0 fully saturated rings. The molecule has 0 aromatic rings. The van der Waals surface area contributed by atoms with Crippen LogP contribution in [0.1, 0.15) is 13.3 Å². The molecule has 0 aromatic carbocycles. The summed E-state index contributed by atoms with van der Waals surface area (Å²) in [5.74, 6) is 0. The maximum atomic E-state index is 7.88. The molecule has 1 radical (unpaired) electrons. The van der Waals surface area contributed by atoms with Crippen LogP contribution in [0.3, 0.4) is 0 Å². The largest absolute Gasteiger partial charge is 0.396 e. The molecule has 2 heteroatoms. The standard InChI is InChI=1S/C3H8O.Sc/c1-2-3-4;/h4H,2-3H2,1H3;. The zero-order valence-corrected chi connectivity index (χ0v) is 5.24. The first-order valence-electron chi connectivity index (χ1n) is 1.52. The minimum atomic E-state index is 0. The van der Waals surface area contributed by atoms with Crippen LogP contribution in [0, 0.1) is 0 Å². The maximum absolute atomic E-state index is 7.88. The summed E-state index contributed by atoms with van der Waals surface area (Å²) in [6.45, 7) is 2.25. The quantitative estimate of drug-likeness (QED) is 0.511. The normalized spacial score (nSPS) is 6.00. The molecule has 0 spiro atoms. The first kappa shape index (κ1) is 9.27. The Balaban J connectivity index is 0. The van der Waals surface area contributed by atoms with Crippen molar-refractivity contribution in [1.82, 2.24) is 0 Å². The molecule has 0 saturated carbocycles. The molecule has 0 aliphatic heterocycles. The molecule has 0 bridgehead atoms. The van der Waals surface area contributed by atoms with E-state index in [4.69, 9.17) is 5.11 Å². The van der Waals surface area contributed by atoms with Gasteiger partial charge in [-0.3, -0.25) is 0 Å². The first-order chi connectivity index (χ1) is 1.91.